The molecule has 6 nitrogen and oxygen atoms in total. The van der Waals surface area contributed by atoms with E-state index >= 15 is 0 Å². The van der Waals surface area contributed by atoms with Gasteiger partial charge in [0, 0.05) is 11.8 Å². The van der Waals surface area contributed by atoms with Gasteiger partial charge in [-0.2, -0.15) is 4.98 Å². The van der Waals surface area contributed by atoms with Gasteiger partial charge in [0.1, 0.15) is 11.6 Å². The van der Waals surface area contributed by atoms with Gasteiger partial charge in [-0.05, 0) is 24.5 Å². The van der Waals surface area contributed by atoms with E-state index in [1.807, 2.05) is 13.8 Å². The number of esters is 1. The molecule has 1 unspecified atom stereocenters. The molecule has 0 spiro atoms. The number of ether oxygens (including phenoxy) is 1. The molecule has 20 heavy (non-hydrogen) atoms. The van der Waals surface area contributed by atoms with Crippen LogP contribution in [-0.2, 0) is 9.53 Å². The fourth-order valence-electron chi connectivity index (χ4n) is 1.98. The Hall–Kier alpha value is -2.24. The number of methoxy groups -OCH3 is 1. The lowest BCUT2D eigenvalue weighted by Crippen LogP contribution is -2.32. The number of nitrogen functional groups attached to an aromatic ring is 1. The van der Waals surface area contributed by atoms with Crippen LogP contribution in [0.5, 0.6) is 0 Å². The molecule has 1 aromatic carbocycles. The number of fused-ring (bicyclic) bond motifs is 1. The van der Waals surface area contributed by atoms with Gasteiger partial charge >= 0.3 is 5.97 Å². The topological polar surface area (TPSA) is 90.4 Å². The van der Waals surface area contributed by atoms with Crippen LogP contribution in [0.15, 0.2) is 22.6 Å². The maximum Gasteiger partial charge on any atom is 0.328 e. The highest BCUT2D eigenvalue weighted by Gasteiger charge is 2.22. The molecule has 0 aliphatic rings. The van der Waals surface area contributed by atoms with Gasteiger partial charge < -0.3 is 20.2 Å². The standard InChI is InChI=1S/C14H19N3O3/c1-8(2)6-11(13(18)19-3)17-14-16-10-5-4-9(15)7-12(10)20-14/h4-5,7-8,11H,6,15H2,1-3H3,(H,16,17). The van der Waals surface area contributed by atoms with Crippen molar-refractivity contribution in [3.05, 3.63) is 18.2 Å². The molecule has 2 rings (SSSR count). The van der Waals surface area contributed by atoms with E-state index in [9.17, 15) is 4.79 Å². The van der Waals surface area contributed by atoms with Gasteiger partial charge in [-0.15, -0.1) is 0 Å². The summed E-state index contributed by atoms with van der Waals surface area (Å²) >= 11 is 0. The number of carbonyl (C=O) groups is 1. The zero-order valence-corrected chi connectivity index (χ0v) is 11.8. The first-order valence-corrected chi connectivity index (χ1v) is 6.50. The largest absolute Gasteiger partial charge is 0.467 e. The number of oxazole rings is 1. The van der Waals surface area contributed by atoms with Crippen molar-refractivity contribution >= 4 is 28.8 Å². The fourth-order valence-corrected chi connectivity index (χ4v) is 1.98. The van der Waals surface area contributed by atoms with Crippen molar-refractivity contribution in [1.82, 2.24) is 4.98 Å². The van der Waals surface area contributed by atoms with Gasteiger partial charge in [-0.3, -0.25) is 0 Å². The normalized spacial score (nSPS) is 12.6. The number of hydrogen-bond donors (Lipinski definition) is 2. The number of carbonyl (C=O) groups excluding carboxylic acids is 1. The summed E-state index contributed by atoms with van der Waals surface area (Å²) in [4.78, 5) is 16.0. The second kappa shape index (κ2) is 5.81. The quantitative estimate of drug-likeness (QED) is 0.644. The van der Waals surface area contributed by atoms with Gasteiger partial charge in [0.05, 0.1) is 7.11 Å². The molecule has 0 amide bonds. The molecule has 0 saturated carbocycles. The van der Waals surface area contributed by atoms with Crippen LogP contribution in [0, 0.1) is 5.92 Å². The Balaban J connectivity index is 2.21. The highest BCUT2D eigenvalue weighted by Crippen LogP contribution is 2.22. The van der Waals surface area contributed by atoms with Crippen molar-refractivity contribution in [3.8, 4) is 0 Å². The van der Waals surface area contributed by atoms with E-state index in [1.165, 1.54) is 7.11 Å². The number of aromatic nitrogens is 1. The van der Waals surface area contributed by atoms with Crippen molar-refractivity contribution in [3.63, 3.8) is 0 Å². The van der Waals surface area contributed by atoms with E-state index in [0.29, 0.717) is 35.1 Å². The minimum atomic E-state index is -0.481. The maximum atomic E-state index is 11.7. The average Bonchev–Trinajstić information content (AvgIpc) is 2.77. The number of benzene rings is 1. The number of nitrogens with two attached hydrogens (primary N) is 1. The first kappa shape index (κ1) is 14.2. The fraction of sp³-hybridized carbons (Fsp3) is 0.429. The molecule has 0 fully saturated rings. The van der Waals surface area contributed by atoms with Crippen LogP contribution in [0.4, 0.5) is 11.7 Å². The van der Waals surface area contributed by atoms with Crippen LogP contribution >= 0.6 is 0 Å². The van der Waals surface area contributed by atoms with Crippen molar-refractivity contribution < 1.29 is 13.9 Å². The third-order valence-corrected chi connectivity index (χ3v) is 2.90. The minimum Gasteiger partial charge on any atom is -0.467 e. The van der Waals surface area contributed by atoms with E-state index in [-0.39, 0.29) is 5.97 Å². The molecule has 0 radical (unpaired) electrons. The lowest BCUT2D eigenvalue weighted by Gasteiger charge is -2.16. The van der Waals surface area contributed by atoms with E-state index in [0.717, 1.165) is 0 Å². The lowest BCUT2D eigenvalue weighted by molar-refractivity contribution is -0.141. The number of nitrogens with one attached hydrogen (secondary N) is 1. The Bertz CT molecular complexity index is 607. The number of hydrogen-bond acceptors (Lipinski definition) is 6. The first-order chi connectivity index (χ1) is 9.49. The van der Waals surface area contributed by atoms with E-state index in [2.05, 4.69) is 10.3 Å². The third kappa shape index (κ3) is 3.20. The van der Waals surface area contributed by atoms with Crippen molar-refractivity contribution in [1.29, 1.82) is 0 Å². The molecule has 3 N–H and O–H groups in total. The first-order valence-electron chi connectivity index (χ1n) is 6.50. The summed E-state index contributed by atoms with van der Waals surface area (Å²) in [6.07, 6.45) is 0.632. The molecule has 0 aliphatic heterocycles. The van der Waals surface area contributed by atoms with E-state index < -0.39 is 6.04 Å². The molecule has 0 saturated heterocycles. The summed E-state index contributed by atoms with van der Waals surface area (Å²) in [6.45, 7) is 4.06. The smallest absolute Gasteiger partial charge is 0.328 e. The summed E-state index contributed by atoms with van der Waals surface area (Å²) in [6, 6.07) is 5.03. The monoisotopic (exact) mass is 277 g/mol. The van der Waals surface area contributed by atoms with Gasteiger partial charge in [0.15, 0.2) is 5.58 Å². The van der Waals surface area contributed by atoms with Crippen LogP contribution in [-0.4, -0.2) is 24.1 Å². The molecule has 1 aromatic heterocycles. The average molecular weight is 277 g/mol. The zero-order chi connectivity index (χ0) is 14.7. The van der Waals surface area contributed by atoms with Crippen LogP contribution < -0.4 is 11.1 Å². The molecule has 0 bridgehead atoms. The van der Waals surface area contributed by atoms with Crippen LogP contribution in [0.2, 0.25) is 0 Å². The summed E-state index contributed by atoms with van der Waals surface area (Å²) in [5, 5.41) is 2.98. The molecule has 1 atom stereocenters. The Morgan fingerprint density at radius 3 is 2.90 bits per heavy atom. The summed E-state index contributed by atoms with van der Waals surface area (Å²) < 4.78 is 10.3. The Kier molecular flexibility index (Phi) is 4.12. The lowest BCUT2D eigenvalue weighted by atomic mass is 10.0. The van der Waals surface area contributed by atoms with Crippen molar-refractivity contribution in [2.45, 2.75) is 26.3 Å². The van der Waals surface area contributed by atoms with Gasteiger partial charge in [-0.25, -0.2) is 4.79 Å². The molecule has 2 aromatic rings. The predicted octanol–water partition coefficient (Wildman–Crippen LogP) is 2.41. The van der Waals surface area contributed by atoms with Crippen LogP contribution in [0.3, 0.4) is 0 Å². The molecule has 1 heterocycles. The second-order valence-corrected chi connectivity index (χ2v) is 5.10. The highest BCUT2D eigenvalue weighted by molar-refractivity contribution is 5.81. The Morgan fingerprint density at radius 2 is 2.25 bits per heavy atom. The molecule has 6 heteroatoms. The summed E-state index contributed by atoms with van der Waals surface area (Å²) in [5.41, 5.74) is 7.56. The van der Waals surface area contributed by atoms with E-state index in [4.69, 9.17) is 14.9 Å². The van der Waals surface area contributed by atoms with Crippen LogP contribution in [0.1, 0.15) is 20.3 Å². The minimum absolute atomic E-state index is 0.293. The highest BCUT2D eigenvalue weighted by atomic mass is 16.5. The summed E-state index contributed by atoms with van der Waals surface area (Å²) in [7, 11) is 1.37. The SMILES string of the molecule is COC(=O)C(CC(C)C)Nc1nc2ccc(N)cc2o1. The number of anilines is 2. The van der Waals surface area contributed by atoms with Crippen LogP contribution in [0.25, 0.3) is 11.1 Å². The third-order valence-electron chi connectivity index (χ3n) is 2.90. The van der Waals surface area contributed by atoms with Gasteiger partial charge in [0.25, 0.3) is 6.01 Å². The molecular formula is C14H19N3O3. The number of nitrogens with zero attached hydrogens (tertiary/aromatic N) is 1. The molecular weight excluding hydrogens is 258 g/mol. The van der Waals surface area contributed by atoms with Gasteiger partial charge in [0.2, 0.25) is 0 Å². The number of rotatable bonds is 5. The summed E-state index contributed by atoms with van der Waals surface area (Å²) in [5.74, 6) is 0.00657. The van der Waals surface area contributed by atoms with Crippen molar-refractivity contribution in [2.75, 3.05) is 18.2 Å². The van der Waals surface area contributed by atoms with E-state index in [1.54, 1.807) is 18.2 Å². The maximum absolute atomic E-state index is 11.7. The van der Waals surface area contributed by atoms with Gasteiger partial charge in [-0.1, -0.05) is 13.8 Å². The second-order valence-electron chi connectivity index (χ2n) is 5.10. The Labute approximate surface area is 117 Å². The zero-order valence-electron chi connectivity index (χ0n) is 11.8. The van der Waals surface area contributed by atoms with Crippen molar-refractivity contribution in [2.24, 2.45) is 5.92 Å². The Morgan fingerprint density at radius 1 is 1.50 bits per heavy atom. The molecule has 0 aliphatic carbocycles. The predicted molar refractivity (Wildman–Crippen MR) is 77.3 cm³/mol. The molecule has 108 valence electrons.